The lowest BCUT2D eigenvalue weighted by molar-refractivity contribution is -0.384. The Morgan fingerprint density at radius 3 is 2.50 bits per heavy atom. The molecule has 0 radical (unpaired) electrons. The highest BCUT2D eigenvalue weighted by Crippen LogP contribution is 2.36. The topological polar surface area (TPSA) is 136 Å². The predicted molar refractivity (Wildman–Crippen MR) is 88.9 cm³/mol. The number of nitrogens with zero attached hydrogens (tertiary/aromatic N) is 1. The molecule has 1 amide bonds. The van der Waals surface area contributed by atoms with Gasteiger partial charge in [-0.3, -0.25) is 24.5 Å². The molecule has 0 aliphatic carbocycles. The molecular weight excluding hydrogens is 344 g/mol. The molecule has 1 aromatic carbocycles. The van der Waals surface area contributed by atoms with Crippen molar-refractivity contribution in [1.29, 1.82) is 0 Å². The largest absolute Gasteiger partial charge is 0.460 e. The molecule has 1 aliphatic heterocycles. The molecule has 1 heterocycles. The normalized spacial score (nSPS) is 22.7. The first-order valence-electron chi connectivity index (χ1n) is 8.04. The Labute approximate surface area is 149 Å². The predicted octanol–water partition coefficient (Wildman–Crippen LogP) is 0.873. The van der Waals surface area contributed by atoms with E-state index in [1.807, 2.05) is 0 Å². The highest BCUT2D eigenvalue weighted by Gasteiger charge is 2.54. The number of aliphatic hydroxyl groups is 1. The highest BCUT2D eigenvalue weighted by molar-refractivity contribution is 5.98. The molecule has 26 heavy (non-hydrogen) atoms. The summed E-state index contributed by atoms with van der Waals surface area (Å²) in [7, 11) is 0. The van der Waals surface area contributed by atoms with Crippen molar-refractivity contribution >= 4 is 23.3 Å². The Kier molecular flexibility index (Phi) is 5.71. The molecule has 2 rings (SSSR count). The maximum absolute atomic E-state index is 12.0. The summed E-state index contributed by atoms with van der Waals surface area (Å²) in [6.07, 6.45) is -1.43. The molecule has 1 fully saturated rings. The number of aliphatic hydroxyl groups excluding tert-OH is 1. The number of hydrogen-bond donors (Lipinski definition) is 2. The molecule has 1 aromatic rings. The monoisotopic (exact) mass is 364 g/mol. The molecule has 9 heteroatoms. The zero-order chi connectivity index (χ0) is 19.5. The second kappa shape index (κ2) is 7.61. The summed E-state index contributed by atoms with van der Waals surface area (Å²) in [6.45, 7) is 2.95. The number of esters is 1. The Bertz CT molecular complexity index is 729. The summed E-state index contributed by atoms with van der Waals surface area (Å²) >= 11 is 0. The van der Waals surface area contributed by atoms with Gasteiger partial charge in [0.1, 0.15) is 18.8 Å². The van der Waals surface area contributed by atoms with E-state index in [4.69, 9.17) is 4.74 Å². The third kappa shape index (κ3) is 4.05. The van der Waals surface area contributed by atoms with Crippen LogP contribution in [-0.2, 0) is 25.7 Å². The summed E-state index contributed by atoms with van der Waals surface area (Å²) in [5.41, 5.74) is -0.554. The van der Waals surface area contributed by atoms with Crippen LogP contribution in [0.4, 0.5) is 5.69 Å². The van der Waals surface area contributed by atoms with Gasteiger partial charge in [-0.05, 0) is 31.5 Å². The van der Waals surface area contributed by atoms with Crippen LogP contribution in [0.15, 0.2) is 24.3 Å². The molecule has 140 valence electrons. The minimum atomic E-state index is -1.04. The summed E-state index contributed by atoms with van der Waals surface area (Å²) in [4.78, 5) is 45.4. The molecule has 2 unspecified atom stereocenters. The number of ether oxygens (including phenoxy) is 1. The van der Waals surface area contributed by atoms with Gasteiger partial charge in [-0.1, -0.05) is 0 Å². The fraction of sp³-hybridized carbons (Fsp3) is 0.471. The third-order valence-corrected chi connectivity index (χ3v) is 4.71. The van der Waals surface area contributed by atoms with E-state index in [0.29, 0.717) is 5.56 Å². The summed E-state index contributed by atoms with van der Waals surface area (Å²) < 4.78 is 4.99. The molecule has 3 atom stereocenters. The van der Waals surface area contributed by atoms with Crippen molar-refractivity contribution < 1.29 is 29.2 Å². The zero-order valence-corrected chi connectivity index (χ0v) is 14.4. The van der Waals surface area contributed by atoms with Crippen LogP contribution in [0.5, 0.6) is 0 Å². The van der Waals surface area contributed by atoms with Crippen molar-refractivity contribution in [3.63, 3.8) is 0 Å². The van der Waals surface area contributed by atoms with Gasteiger partial charge >= 0.3 is 5.97 Å². The summed E-state index contributed by atoms with van der Waals surface area (Å²) in [5, 5.41) is 22.9. The Morgan fingerprint density at radius 2 is 2.00 bits per heavy atom. The Morgan fingerprint density at radius 1 is 1.38 bits per heavy atom. The van der Waals surface area contributed by atoms with Gasteiger partial charge in [0.2, 0.25) is 5.91 Å². The highest BCUT2D eigenvalue weighted by atomic mass is 16.6. The average Bonchev–Trinajstić information content (AvgIpc) is 2.59. The van der Waals surface area contributed by atoms with E-state index in [9.17, 15) is 29.6 Å². The van der Waals surface area contributed by atoms with Gasteiger partial charge < -0.3 is 15.2 Å². The number of nitro benzene ring substituents is 1. The first-order valence-corrected chi connectivity index (χ1v) is 8.04. The lowest BCUT2D eigenvalue weighted by Gasteiger charge is -2.48. The molecule has 0 bridgehead atoms. The van der Waals surface area contributed by atoms with Gasteiger partial charge in [-0.15, -0.1) is 0 Å². The number of Topliss-reactive ketones (excluding diaryl/α,β-unsaturated/α-hetero) is 1. The first-order chi connectivity index (χ1) is 12.1. The van der Waals surface area contributed by atoms with Gasteiger partial charge in [-0.25, -0.2) is 0 Å². The van der Waals surface area contributed by atoms with E-state index in [2.05, 4.69) is 5.32 Å². The summed E-state index contributed by atoms with van der Waals surface area (Å²) in [5.74, 6) is -1.46. The third-order valence-electron chi connectivity index (χ3n) is 4.71. The van der Waals surface area contributed by atoms with Crippen LogP contribution in [0.1, 0.15) is 32.3 Å². The number of amides is 1. The maximum atomic E-state index is 12.0. The number of nitrogens with one attached hydrogen (secondary N) is 1. The van der Waals surface area contributed by atoms with Gasteiger partial charge in [0.15, 0.2) is 0 Å². The lowest BCUT2D eigenvalue weighted by atomic mass is 9.68. The smallest absolute Gasteiger partial charge is 0.313 e. The van der Waals surface area contributed by atoms with Gasteiger partial charge in [0.05, 0.1) is 22.5 Å². The van der Waals surface area contributed by atoms with Crippen molar-refractivity contribution in [3.8, 4) is 0 Å². The molecule has 9 nitrogen and oxygen atoms in total. The van der Waals surface area contributed by atoms with Gasteiger partial charge in [-0.2, -0.15) is 0 Å². The van der Waals surface area contributed by atoms with Crippen LogP contribution in [0, 0.1) is 15.5 Å². The van der Waals surface area contributed by atoms with Crippen LogP contribution in [0.2, 0.25) is 0 Å². The lowest BCUT2D eigenvalue weighted by Crippen LogP contribution is -2.70. The van der Waals surface area contributed by atoms with Crippen LogP contribution >= 0.6 is 0 Å². The average molecular weight is 364 g/mol. The van der Waals surface area contributed by atoms with E-state index in [0.717, 1.165) is 0 Å². The van der Waals surface area contributed by atoms with E-state index < -0.39 is 40.7 Å². The molecule has 0 aromatic heterocycles. The van der Waals surface area contributed by atoms with Crippen LogP contribution in [0.3, 0.4) is 0 Å². The van der Waals surface area contributed by atoms with Crippen molar-refractivity contribution in [2.75, 3.05) is 0 Å². The number of benzene rings is 1. The number of rotatable bonds is 8. The number of hydrogen-bond acceptors (Lipinski definition) is 7. The number of carbonyl (C=O) groups is 3. The molecule has 1 saturated heterocycles. The van der Waals surface area contributed by atoms with Crippen molar-refractivity contribution in [1.82, 2.24) is 5.32 Å². The molecule has 0 saturated carbocycles. The van der Waals surface area contributed by atoms with Crippen LogP contribution in [-0.4, -0.2) is 39.8 Å². The second-order valence-corrected chi connectivity index (χ2v) is 6.49. The Hall–Kier alpha value is -2.81. The minimum absolute atomic E-state index is 0.0697. The second-order valence-electron chi connectivity index (χ2n) is 6.49. The van der Waals surface area contributed by atoms with E-state index in [1.165, 1.54) is 31.2 Å². The van der Waals surface area contributed by atoms with Crippen molar-refractivity contribution in [2.45, 2.75) is 45.4 Å². The standard InChI is InChI=1S/C17H20N2O7/c1-10(20)17(2)14(18-16(17)23)7-13(21)8-15(22)26-9-11-3-5-12(6-4-11)19(24)25/h3-6,10,14,20H,7-9H2,1-2H3,(H,18,23)/t10?,14?,17-/m1/s1. The van der Waals surface area contributed by atoms with Crippen LogP contribution in [0.25, 0.3) is 0 Å². The summed E-state index contributed by atoms with van der Waals surface area (Å²) in [6, 6.07) is 5.00. The molecule has 0 spiro atoms. The Balaban J connectivity index is 1.80. The van der Waals surface area contributed by atoms with E-state index in [-0.39, 0.29) is 24.6 Å². The molecular formula is C17H20N2O7. The number of non-ortho nitro benzene ring substituents is 1. The molecule has 2 N–H and O–H groups in total. The SMILES string of the molecule is CC(O)[C@@]1(C)C(=O)NC1CC(=O)CC(=O)OCc1ccc([N+](=O)[O-])cc1. The van der Waals surface area contributed by atoms with Crippen LogP contribution < -0.4 is 5.32 Å². The number of carbonyl (C=O) groups excluding carboxylic acids is 3. The number of nitro groups is 1. The quantitative estimate of drug-likeness (QED) is 0.230. The molecule has 1 aliphatic rings. The zero-order valence-electron chi connectivity index (χ0n) is 14.4. The fourth-order valence-corrected chi connectivity index (χ4v) is 2.68. The minimum Gasteiger partial charge on any atom is -0.460 e. The number of β-lactam (4-membered cyclic amide) rings is 1. The van der Waals surface area contributed by atoms with Crippen molar-refractivity contribution in [3.05, 3.63) is 39.9 Å². The maximum Gasteiger partial charge on any atom is 0.313 e. The fourth-order valence-electron chi connectivity index (χ4n) is 2.68. The van der Waals surface area contributed by atoms with E-state index >= 15 is 0 Å². The van der Waals surface area contributed by atoms with Crippen molar-refractivity contribution in [2.24, 2.45) is 5.41 Å². The first kappa shape index (κ1) is 19.5. The van der Waals surface area contributed by atoms with Gasteiger partial charge in [0.25, 0.3) is 5.69 Å². The number of ketones is 1. The van der Waals surface area contributed by atoms with Gasteiger partial charge in [0, 0.05) is 18.6 Å². The van der Waals surface area contributed by atoms with E-state index in [1.54, 1.807) is 6.92 Å².